The molecular weight excluding hydrogens is 228 g/mol. The van der Waals surface area contributed by atoms with Gasteiger partial charge in [-0.2, -0.15) is 0 Å². The highest BCUT2D eigenvalue weighted by Gasteiger charge is 2.40. The third kappa shape index (κ3) is 2.54. The zero-order chi connectivity index (χ0) is 12.5. The number of nitrogens with zero attached hydrogens (tertiary/aromatic N) is 1. The highest BCUT2D eigenvalue weighted by atomic mass is 16.5. The van der Waals surface area contributed by atoms with Crippen molar-refractivity contribution in [2.75, 3.05) is 19.8 Å². The van der Waals surface area contributed by atoms with Gasteiger partial charge in [-0.3, -0.25) is 4.79 Å². The van der Waals surface area contributed by atoms with Crippen molar-refractivity contribution in [2.24, 2.45) is 17.6 Å². The maximum atomic E-state index is 12.6. The van der Waals surface area contributed by atoms with E-state index in [4.69, 9.17) is 10.5 Å². The Hall–Kier alpha value is -0.610. The number of amides is 1. The molecule has 4 heteroatoms. The summed E-state index contributed by atoms with van der Waals surface area (Å²) in [5.41, 5.74) is 6.07. The summed E-state index contributed by atoms with van der Waals surface area (Å²) in [7, 11) is 0. The zero-order valence-electron chi connectivity index (χ0n) is 11.0. The van der Waals surface area contributed by atoms with Crippen LogP contribution in [-0.4, -0.2) is 42.6 Å². The van der Waals surface area contributed by atoms with Gasteiger partial charge >= 0.3 is 0 Å². The Morgan fingerprint density at radius 1 is 1.22 bits per heavy atom. The van der Waals surface area contributed by atoms with E-state index >= 15 is 0 Å². The highest BCUT2D eigenvalue weighted by molar-refractivity contribution is 5.80. The third-order valence-corrected chi connectivity index (χ3v) is 4.64. The second-order valence-corrected chi connectivity index (χ2v) is 6.15. The number of hydrogen-bond donors (Lipinski definition) is 1. The Morgan fingerprint density at radius 3 is 2.61 bits per heavy atom. The quantitative estimate of drug-likeness (QED) is 0.816. The molecule has 4 nitrogen and oxygen atoms in total. The van der Waals surface area contributed by atoms with Crippen LogP contribution in [0.1, 0.15) is 38.5 Å². The molecule has 0 aromatic heterocycles. The molecule has 2 saturated carbocycles. The average molecular weight is 252 g/mol. The summed E-state index contributed by atoms with van der Waals surface area (Å²) in [5.74, 6) is 0.967. The number of carbonyl (C=O) groups is 1. The van der Waals surface area contributed by atoms with E-state index in [2.05, 4.69) is 4.90 Å². The van der Waals surface area contributed by atoms with Gasteiger partial charge in [0.1, 0.15) is 0 Å². The summed E-state index contributed by atoms with van der Waals surface area (Å²) in [6.45, 7) is 2.58. The van der Waals surface area contributed by atoms with Gasteiger partial charge in [-0.15, -0.1) is 0 Å². The van der Waals surface area contributed by atoms with E-state index in [-0.39, 0.29) is 12.0 Å². The lowest BCUT2D eigenvalue weighted by molar-refractivity contribution is -0.137. The molecule has 1 amide bonds. The molecule has 3 rings (SSSR count). The van der Waals surface area contributed by atoms with Crippen molar-refractivity contribution in [1.82, 2.24) is 4.90 Å². The van der Waals surface area contributed by atoms with Gasteiger partial charge < -0.3 is 15.4 Å². The van der Waals surface area contributed by atoms with E-state index in [0.717, 1.165) is 45.4 Å². The zero-order valence-corrected chi connectivity index (χ0v) is 11.0. The van der Waals surface area contributed by atoms with Crippen LogP contribution in [0, 0.1) is 11.8 Å². The fourth-order valence-corrected chi connectivity index (χ4v) is 3.32. The minimum Gasteiger partial charge on any atom is -0.381 e. The van der Waals surface area contributed by atoms with Gasteiger partial charge in [-0.1, -0.05) is 6.42 Å². The summed E-state index contributed by atoms with van der Waals surface area (Å²) < 4.78 is 5.42. The van der Waals surface area contributed by atoms with Crippen LogP contribution in [0.4, 0.5) is 0 Å². The smallest absolute Gasteiger partial charge is 0.227 e. The summed E-state index contributed by atoms with van der Waals surface area (Å²) >= 11 is 0. The van der Waals surface area contributed by atoms with Gasteiger partial charge in [0.15, 0.2) is 0 Å². The topological polar surface area (TPSA) is 55.6 Å². The molecule has 2 aliphatic carbocycles. The maximum Gasteiger partial charge on any atom is 0.227 e. The summed E-state index contributed by atoms with van der Waals surface area (Å²) in [4.78, 5) is 14.8. The molecule has 1 saturated heterocycles. The van der Waals surface area contributed by atoms with E-state index in [1.807, 2.05) is 0 Å². The molecule has 3 atom stereocenters. The first kappa shape index (κ1) is 12.4. The Kier molecular flexibility index (Phi) is 3.57. The summed E-state index contributed by atoms with van der Waals surface area (Å²) in [5, 5.41) is 0. The van der Waals surface area contributed by atoms with Crippen LogP contribution in [0.15, 0.2) is 0 Å². The van der Waals surface area contributed by atoms with E-state index < -0.39 is 0 Å². The molecule has 0 aromatic rings. The Labute approximate surface area is 109 Å². The normalized spacial score (nSPS) is 35.9. The van der Waals surface area contributed by atoms with Crippen molar-refractivity contribution in [3.05, 3.63) is 0 Å². The molecule has 3 fully saturated rings. The number of carbonyl (C=O) groups excluding carboxylic acids is 1. The Bertz CT molecular complexity index is 311. The molecule has 0 spiro atoms. The van der Waals surface area contributed by atoms with E-state index in [0.29, 0.717) is 17.9 Å². The first-order valence-electron chi connectivity index (χ1n) is 7.39. The SMILES string of the molecule is NC1CCCC1C(=O)N(CC1CCOC1)C1CC1. The van der Waals surface area contributed by atoms with Gasteiger partial charge in [-0.25, -0.2) is 0 Å². The van der Waals surface area contributed by atoms with Gasteiger partial charge in [0.05, 0.1) is 12.5 Å². The predicted octanol–water partition coefficient (Wildman–Crippen LogP) is 1.14. The van der Waals surface area contributed by atoms with Gasteiger partial charge in [0.25, 0.3) is 0 Å². The lowest BCUT2D eigenvalue weighted by atomic mass is 10.0. The molecule has 1 aliphatic heterocycles. The van der Waals surface area contributed by atoms with Crippen LogP contribution in [-0.2, 0) is 9.53 Å². The molecule has 2 N–H and O–H groups in total. The average Bonchev–Trinajstić information content (AvgIpc) is 2.89. The van der Waals surface area contributed by atoms with Crippen LogP contribution < -0.4 is 5.73 Å². The molecule has 0 bridgehead atoms. The lowest BCUT2D eigenvalue weighted by Crippen LogP contribution is -2.45. The fourth-order valence-electron chi connectivity index (χ4n) is 3.32. The van der Waals surface area contributed by atoms with Gasteiger partial charge in [0, 0.05) is 31.2 Å². The molecule has 0 aromatic carbocycles. The van der Waals surface area contributed by atoms with Crippen LogP contribution in [0.3, 0.4) is 0 Å². The Balaban J connectivity index is 1.63. The van der Waals surface area contributed by atoms with Crippen LogP contribution in [0.5, 0.6) is 0 Å². The lowest BCUT2D eigenvalue weighted by Gasteiger charge is -2.29. The first-order valence-corrected chi connectivity index (χ1v) is 7.39. The number of nitrogens with two attached hydrogens (primary N) is 1. The van der Waals surface area contributed by atoms with Gasteiger partial charge in [0.2, 0.25) is 5.91 Å². The summed E-state index contributed by atoms with van der Waals surface area (Å²) in [6, 6.07) is 0.601. The van der Waals surface area contributed by atoms with Crippen molar-refractivity contribution in [3.63, 3.8) is 0 Å². The van der Waals surface area contributed by atoms with Crippen LogP contribution >= 0.6 is 0 Å². The second-order valence-electron chi connectivity index (χ2n) is 6.15. The first-order chi connectivity index (χ1) is 8.75. The minimum atomic E-state index is 0.0907. The monoisotopic (exact) mass is 252 g/mol. The van der Waals surface area contributed by atoms with Crippen molar-refractivity contribution in [3.8, 4) is 0 Å². The Morgan fingerprint density at radius 2 is 2.06 bits per heavy atom. The molecule has 3 aliphatic rings. The maximum absolute atomic E-state index is 12.6. The molecule has 3 unspecified atom stereocenters. The predicted molar refractivity (Wildman–Crippen MR) is 69.0 cm³/mol. The molecule has 18 heavy (non-hydrogen) atoms. The highest BCUT2D eigenvalue weighted by Crippen LogP contribution is 2.33. The number of ether oxygens (including phenoxy) is 1. The number of rotatable bonds is 4. The molecular formula is C14H24N2O2. The minimum absolute atomic E-state index is 0.0907. The molecule has 102 valence electrons. The van der Waals surface area contributed by atoms with Crippen molar-refractivity contribution < 1.29 is 9.53 Å². The fraction of sp³-hybridized carbons (Fsp3) is 0.929. The third-order valence-electron chi connectivity index (χ3n) is 4.64. The largest absolute Gasteiger partial charge is 0.381 e. The van der Waals surface area contributed by atoms with Crippen molar-refractivity contribution in [2.45, 2.75) is 50.6 Å². The van der Waals surface area contributed by atoms with E-state index in [1.165, 1.54) is 12.8 Å². The van der Waals surface area contributed by atoms with Crippen molar-refractivity contribution in [1.29, 1.82) is 0 Å². The molecule has 0 radical (unpaired) electrons. The second kappa shape index (κ2) is 5.17. The van der Waals surface area contributed by atoms with Crippen molar-refractivity contribution >= 4 is 5.91 Å². The molecule has 1 heterocycles. The van der Waals surface area contributed by atoms with E-state index in [1.54, 1.807) is 0 Å². The standard InChI is InChI=1S/C14H24N2O2/c15-13-3-1-2-12(13)14(17)16(11-4-5-11)8-10-6-7-18-9-10/h10-13H,1-9,15H2. The van der Waals surface area contributed by atoms with Crippen LogP contribution in [0.2, 0.25) is 0 Å². The van der Waals surface area contributed by atoms with Crippen LogP contribution in [0.25, 0.3) is 0 Å². The number of hydrogen-bond acceptors (Lipinski definition) is 3. The summed E-state index contributed by atoms with van der Waals surface area (Å²) in [6.07, 6.45) is 6.59. The van der Waals surface area contributed by atoms with E-state index in [9.17, 15) is 4.79 Å². The van der Waals surface area contributed by atoms with Gasteiger partial charge in [-0.05, 0) is 32.1 Å².